The van der Waals surface area contributed by atoms with Gasteiger partial charge < -0.3 is 9.47 Å². The fourth-order valence-corrected chi connectivity index (χ4v) is 4.63. The minimum absolute atomic E-state index is 0.284. The summed E-state index contributed by atoms with van der Waals surface area (Å²) in [5.41, 5.74) is 2.51. The highest BCUT2D eigenvalue weighted by molar-refractivity contribution is 7.91. The summed E-state index contributed by atoms with van der Waals surface area (Å²) in [6, 6.07) is 21.5. The second-order valence-corrected chi connectivity index (χ2v) is 8.76. The predicted octanol–water partition coefficient (Wildman–Crippen LogP) is 5.24. The van der Waals surface area contributed by atoms with Crippen LogP contribution in [0.4, 0.5) is 0 Å². The molecule has 29 heavy (non-hydrogen) atoms. The summed E-state index contributed by atoms with van der Waals surface area (Å²) in [4.78, 5) is 0.284. The molecule has 0 aliphatic heterocycles. The maximum absolute atomic E-state index is 13.5. The third kappa shape index (κ3) is 4.87. The maximum atomic E-state index is 13.5. The van der Waals surface area contributed by atoms with E-state index in [1.165, 1.54) is 0 Å². The molecule has 4 nitrogen and oxygen atoms in total. The summed E-state index contributed by atoms with van der Waals surface area (Å²) in [5.74, 6) is 1.33. The van der Waals surface area contributed by atoms with Crippen molar-refractivity contribution in [2.24, 2.45) is 0 Å². The van der Waals surface area contributed by atoms with E-state index in [-0.39, 0.29) is 4.90 Å². The van der Waals surface area contributed by atoms with Gasteiger partial charge in [0.1, 0.15) is 16.7 Å². The van der Waals surface area contributed by atoms with Gasteiger partial charge in [0.2, 0.25) is 0 Å². The molecule has 5 heteroatoms. The molecular weight excluding hydrogens is 384 g/mol. The Labute approximate surface area is 172 Å². The van der Waals surface area contributed by atoms with Gasteiger partial charge in [0.25, 0.3) is 0 Å². The number of hydrogen-bond acceptors (Lipinski definition) is 4. The highest BCUT2D eigenvalue weighted by Crippen LogP contribution is 2.33. The van der Waals surface area contributed by atoms with E-state index in [2.05, 4.69) is 0 Å². The predicted molar refractivity (Wildman–Crippen MR) is 116 cm³/mol. The molecule has 0 aromatic heterocycles. The Kier molecular flexibility index (Phi) is 6.39. The van der Waals surface area contributed by atoms with Gasteiger partial charge in [-0.15, -0.1) is 0 Å². The van der Waals surface area contributed by atoms with Crippen molar-refractivity contribution in [2.75, 3.05) is 14.2 Å². The Balaban J connectivity index is 2.08. The zero-order valence-corrected chi connectivity index (χ0v) is 17.5. The van der Waals surface area contributed by atoms with Crippen LogP contribution in [0.5, 0.6) is 11.5 Å². The number of hydrogen-bond donors (Lipinski definition) is 0. The number of aryl methyl sites for hydroxylation is 1. The van der Waals surface area contributed by atoms with Crippen molar-refractivity contribution in [1.29, 1.82) is 0 Å². The summed E-state index contributed by atoms with van der Waals surface area (Å²) in [6.45, 7) is 1.93. The van der Waals surface area contributed by atoms with E-state index >= 15 is 0 Å². The van der Waals surface area contributed by atoms with Gasteiger partial charge in [0.15, 0.2) is 9.84 Å². The number of methoxy groups -OCH3 is 2. The van der Waals surface area contributed by atoms with Crippen molar-refractivity contribution in [1.82, 2.24) is 0 Å². The van der Waals surface area contributed by atoms with Crippen molar-refractivity contribution in [3.63, 3.8) is 0 Å². The fourth-order valence-electron chi connectivity index (χ4n) is 3.03. The molecule has 150 valence electrons. The standard InChI is InChI=1S/C24H24O4S/c1-18-10-13-23(14-11-18)29(25,26)24(20-7-5-9-22(17-20)28-3)15-12-19-6-4-8-21(16-19)27-2/h4-17,24H,1-3H3/b15-12+. The third-order valence-corrected chi connectivity index (χ3v) is 6.69. The van der Waals surface area contributed by atoms with Gasteiger partial charge in [-0.1, -0.05) is 54.1 Å². The molecule has 0 aliphatic rings. The average Bonchev–Trinajstić information content (AvgIpc) is 2.74. The van der Waals surface area contributed by atoms with Crippen LogP contribution >= 0.6 is 0 Å². The van der Waals surface area contributed by atoms with Crippen molar-refractivity contribution >= 4 is 15.9 Å². The molecule has 0 saturated heterocycles. The molecule has 0 spiro atoms. The summed E-state index contributed by atoms with van der Waals surface area (Å²) < 4.78 is 37.5. The molecule has 3 rings (SSSR count). The first-order chi connectivity index (χ1) is 13.9. The van der Waals surface area contributed by atoms with Gasteiger partial charge in [-0.3, -0.25) is 0 Å². The van der Waals surface area contributed by atoms with Crippen molar-refractivity contribution in [2.45, 2.75) is 17.1 Å². The van der Waals surface area contributed by atoms with Gasteiger partial charge in [-0.05, 0) is 54.4 Å². The molecule has 0 bridgehead atoms. The Hall–Kier alpha value is -3.05. The summed E-state index contributed by atoms with van der Waals surface area (Å²) in [7, 11) is -0.490. The SMILES string of the molecule is COc1cccc(/C=C/C(c2cccc(OC)c2)S(=O)(=O)c2ccc(C)cc2)c1. The zero-order chi connectivity index (χ0) is 20.9. The molecule has 1 unspecified atom stereocenters. The Morgan fingerprint density at radius 3 is 2.10 bits per heavy atom. The van der Waals surface area contributed by atoms with Crippen LogP contribution in [0.1, 0.15) is 21.9 Å². The molecule has 0 amide bonds. The highest BCUT2D eigenvalue weighted by Gasteiger charge is 2.27. The summed E-state index contributed by atoms with van der Waals surface area (Å²) in [5, 5.41) is -0.855. The second-order valence-electron chi connectivity index (χ2n) is 6.69. The van der Waals surface area contributed by atoms with E-state index in [1.54, 1.807) is 74.9 Å². The van der Waals surface area contributed by atoms with Gasteiger partial charge in [0.05, 0.1) is 19.1 Å². The Bertz CT molecular complexity index is 1100. The number of sulfone groups is 1. The average molecular weight is 409 g/mol. The van der Waals surface area contributed by atoms with Crippen molar-refractivity contribution in [3.05, 3.63) is 95.6 Å². The normalized spacial score (nSPS) is 12.7. The van der Waals surface area contributed by atoms with E-state index in [4.69, 9.17) is 9.47 Å². The van der Waals surface area contributed by atoms with Crippen LogP contribution in [-0.2, 0) is 9.84 Å². The first kappa shape index (κ1) is 20.7. The molecule has 3 aromatic rings. The number of benzene rings is 3. The molecule has 3 aromatic carbocycles. The third-order valence-electron chi connectivity index (χ3n) is 4.66. The molecular formula is C24H24O4S. The second kappa shape index (κ2) is 8.97. The topological polar surface area (TPSA) is 52.6 Å². The molecule has 0 heterocycles. The van der Waals surface area contributed by atoms with Crippen LogP contribution in [0.25, 0.3) is 6.08 Å². The lowest BCUT2D eigenvalue weighted by atomic mass is 10.1. The van der Waals surface area contributed by atoms with Crippen LogP contribution in [0, 0.1) is 6.92 Å². The monoisotopic (exact) mass is 408 g/mol. The lowest BCUT2D eigenvalue weighted by Crippen LogP contribution is -2.12. The maximum Gasteiger partial charge on any atom is 0.188 e. The molecule has 1 atom stereocenters. The summed E-state index contributed by atoms with van der Waals surface area (Å²) >= 11 is 0. The zero-order valence-electron chi connectivity index (χ0n) is 16.7. The van der Waals surface area contributed by atoms with Crippen LogP contribution in [-0.4, -0.2) is 22.6 Å². The van der Waals surface area contributed by atoms with Crippen LogP contribution in [0.2, 0.25) is 0 Å². The number of ether oxygens (including phenoxy) is 2. The Morgan fingerprint density at radius 1 is 0.828 bits per heavy atom. The minimum atomic E-state index is -3.66. The molecule has 0 saturated carbocycles. The minimum Gasteiger partial charge on any atom is -0.497 e. The van der Waals surface area contributed by atoms with E-state index in [0.29, 0.717) is 17.1 Å². The van der Waals surface area contributed by atoms with E-state index in [1.807, 2.05) is 31.2 Å². The van der Waals surface area contributed by atoms with Crippen LogP contribution < -0.4 is 9.47 Å². The lowest BCUT2D eigenvalue weighted by molar-refractivity contribution is 0.414. The lowest BCUT2D eigenvalue weighted by Gasteiger charge is -2.16. The Morgan fingerprint density at radius 2 is 1.45 bits per heavy atom. The highest BCUT2D eigenvalue weighted by atomic mass is 32.2. The van der Waals surface area contributed by atoms with Crippen molar-refractivity contribution in [3.8, 4) is 11.5 Å². The first-order valence-corrected chi connectivity index (χ1v) is 10.8. The van der Waals surface area contributed by atoms with E-state index < -0.39 is 15.1 Å². The van der Waals surface area contributed by atoms with Gasteiger partial charge in [-0.2, -0.15) is 0 Å². The van der Waals surface area contributed by atoms with Crippen LogP contribution in [0.15, 0.2) is 83.8 Å². The fraction of sp³-hybridized carbons (Fsp3) is 0.167. The summed E-state index contributed by atoms with van der Waals surface area (Å²) in [6.07, 6.45) is 3.51. The van der Waals surface area contributed by atoms with E-state index in [9.17, 15) is 8.42 Å². The quantitative estimate of drug-likeness (QED) is 0.536. The molecule has 0 aliphatic carbocycles. The van der Waals surface area contributed by atoms with Gasteiger partial charge in [-0.25, -0.2) is 8.42 Å². The van der Waals surface area contributed by atoms with Crippen LogP contribution in [0.3, 0.4) is 0 Å². The molecule has 0 N–H and O–H groups in total. The largest absolute Gasteiger partial charge is 0.497 e. The van der Waals surface area contributed by atoms with Gasteiger partial charge in [0, 0.05) is 0 Å². The van der Waals surface area contributed by atoms with E-state index in [0.717, 1.165) is 11.1 Å². The van der Waals surface area contributed by atoms with Crippen molar-refractivity contribution < 1.29 is 17.9 Å². The number of rotatable bonds is 7. The van der Waals surface area contributed by atoms with Gasteiger partial charge >= 0.3 is 0 Å². The molecule has 0 radical (unpaired) electrons. The molecule has 0 fully saturated rings. The smallest absolute Gasteiger partial charge is 0.188 e. The first-order valence-electron chi connectivity index (χ1n) is 9.21.